The van der Waals surface area contributed by atoms with E-state index >= 15 is 0 Å². The van der Waals surface area contributed by atoms with Crippen LogP contribution in [-0.4, -0.2) is 36.4 Å². The number of carbonyl (C=O) groups excluding carboxylic acids is 1. The van der Waals surface area contributed by atoms with Crippen LogP contribution in [0.15, 0.2) is 53.8 Å². The molecule has 0 aliphatic carbocycles. The number of hydrogen-bond donors (Lipinski definition) is 1. The van der Waals surface area contributed by atoms with Crippen molar-refractivity contribution in [2.45, 2.75) is 13.0 Å². The lowest BCUT2D eigenvalue weighted by Crippen LogP contribution is -2.33. The minimum Gasteiger partial charge on any atom is -0.496 e. The van der Waals surface area contributed by atoms with Crippen molar-refractivity contribution in [3.05, 3.63) is 70.5 Å². The maximum atomic E-state index is 11.2. The van der Waals surface area contributed by atoms with Gasteiger partial charge in [0.15, 0.2) is 5.96 Å². The van der Waals surface area contributed by atoms with Crippen LogP contribution < -0.4 is 15.2 Å². The van der Waals surface area contributed by atoms with Crippen LogP contribution in [0.5, 0.6) is 17.2 Å². The molecule has 1 aliphatic rings. The highest BCUT2D eigenvalue weighted by Crippen LogP contribution is 2.49. The quantitative estimate of drug-likeness (QED) is 0.373. The van der Waals surface area contributed by atoms with Gasteiger partial charge in [-0.15, -0.1) is 0 Å². The number of rotatable bonds is 4. The lowest BCUT2D eigenvalue weighted by molar-refractivity contribution is -0.114. The van der Waals surface area contributed by atoms with Gasteiger partial charge in [0.2, 0.25) is 6.41 Å². The fourth-order valence-corrected chi connectivity index (χ4v) is 3.74. The molecule has 1 unspecified atom stereocenters. The Balaban J connectivity index is 1.90. The van der Waals surface area contributed by atoms with E-state index in [-0.39, 0.29) is 5.96 Å². The molecule has 1 amide bonds. The Morgan fingerprint density at radius 3 is 2.74 bits per heavy atom. The average molecular weight is 437 g/mol. The van der Waals surface area contributed by atoms with E-state index in [2.05, 4.69) is 9.98 Å². The third-order valence-corrected chi connectivity index (χ3v) is 5.44. The van der Waals surface area contributed by atoms with Gasteiger partial charge in [0, 0.05) is 41.7 Å². The van der Waals surface area contributed by atoms with E-state index < -0.39 is 6.04 Å². The highest BCUT2D eigenvalue weighted by molar-refractivity contribution is 6.30. The summed E-state index contributed by atoms with van der Waals surface area (Å²) in [4.78, 5) is 21.3. The minimum atomic E-state index is -0.474. The van der Waals surface area contributed by atoms with Gasteiger partial charge in [-0.3, -0.25) is 14.7 Å². The number of aromatic nitrogens is 1. The fraction of sp³-hybridized carbons (Fsp3) is 0.174. The molecule has 4 rings (SSSR count). The smallest absolute Gasteiger partial charge is 0.216 e. The standard InChI is InChI=1S/C23H21ClN4O3/c1-13-19(30-3)7-5-17-21(27-23(25)28(2)12-29)18-9-14(4-6-20(18)31-22(13)17)15-8-16(24)11-26-10-15/h4-12,21H,1-3H3,(H2,25,27). The number of nitrogens with zero attached hydrogens (tertiary/aromatic N) is 3. The molecule has 0 bridgehead atoms. The van der Waals surface area contributed by atoms with E-state index in [0.29, 0.717) is 28.7 Å². The summed E-state index contributed by atoms with van der Waals surface area (Å²) in [6.45, 7) is 1.93. The second-order valence-corrected chi connectivity index (χ2v) is 7.60. The highest BCUT2D eigenvalue weighted by Gasteiger charge is 2.30. The number of ether oxygens (including phenoxy) is 2. The first-order valence-electron chi connectivity index (χ1n) is 9.54. The summed E-state index contributed by atoms with van der Waals surface area (Å²) >= 11 is 6.12. The van der Waals surface area contributed by atoms with E-state index in [1.54, 1.807) is 26.6 Å². The topological polar surface area (TPSA) is 90.0 Å². The second kappa shape index (κ2) is 8.28. The molecule has 0 radical (unpaired) electrons. The molecule has 2 N–H and O–H groups in total. The molecule has 3 aromatic rings. The molecule has 2 heterocycles. The summed E-state index contributed by atoms with van der Waals surface area (Å²) in [7, 11) is 3.17. The van der Waals surface area contributed by atoms with Crippen LogP contribution in [0.25, 0.3) is 11.1 Å². The number of methoxy groups -OCH3 is 1. The molecule has 0 fully saturated rings. The SMILES string of the molecule is COc1ccc2c(c1C)Oc1ccc(-c3cncc(Cl)c3)cc1C2/N=C(/N)N(C)C=O. The van der Waals surface area contributed by atoms with Crippen molar-refractivity contribution in [1.29, 1.82) is 0 Å². The number of nitrogens with two attached hydrogens (primary N) is 1. The van der Waals surface area contributed by atoms with E-state index in [9.17, 15) is 4.79 Å². The average Bonchev–Trinajstić information content (AvgIpc) is 2.78. The molecular weight excluding hydrogens is 416 g/mol. The Morgan fingerprint density at radius 1 is 1.23 bits per heavy atom. The highest BCUT2D eigenvalue weighted by atomic mass is 35.5. The minimum absolute atomic E-state index is 0.0992. The molecule has 1 aromatic heterocycles. The monoisotopic (exact) mass is 436 g/mol. The third kappa shape index (κ3) is 3.80. The first-order chi connectivity index (χ1) is 14.9. The predicted octanol–water partition coefficient (Wildman–Crippen LogP) is 4.32. The number of fused-ring (bicyclic) bond motifs is 2. The van der Waals surface area contributed by atoms with Gasteiger partial charge in [0.1, 0.15) is 23.3 Å². The van der Waals surface area contributed by atoms with Crippen molar-refractivity contribution in [2.24, 2.45) is 10.7 Å². The van der Waals surface area contributed by atoms with E-state index in [1.165, 1.54) is 4.90 Å². The van der Waals surface area contributed by atoms with Gasteiger partial charge < -0.3 is 15.2 Å². The Bertz CT molecular complexity index is 1200. The molecule has 0 spiro atoms. The summed E-state index contributed by atoms with van der Waals surface area (Å²) in [6.07, 6.45) is 3.95. The molecule has 158 valence electrons. The normalized spacial score (nSPS) is 14.8. The van der Waals surface area contributed by atoms with Crippen molar-refractivity contribution in [3.63, 3.8) is 0 Å². The molecular formula is C23H21ClN4O3. The predicted molar refractivity (Wildman–Crippen MR) is 120 cm³/mol. The zero-order valence-electron chi connectivity index (χ0n) is 17.3. The lowest BCUT2D eigenvalue weighted by atomic mass is 9.91. The molecule has 7 nitrogen and oxygen atoms in total. The maximum Gasteiger partial charge on any atom is 0.216 e. The van der Waals surface area contributed by atoms with Gasteiger partial charge >= 0.3 is 0 Å². The molecule has 1 aliphatic heterocycles. The van der Waals surface area contributed by atoms with Crippen LogP contribution in [0.2, 0.25) is 5.02 Å². The third-order valence-electron chi connectivity index (χ3n) is 5.24. The van der Waals surface area contributed by atoms with Gasteiger partial charge in [-0.1, -0.05) is 17.7 Å². The van der Waals surface area contributed by atoms with E-state index in [4.69, 9.17) is 26.8 Å². The Kier molecular flexibility index (Phi) is 5.52. The van der Waals surface area contributed by atoms with Gasteiger partial charge in [-0.05, 0) is 42.8 Å². The zero-order chi connectivity index (χ0) is 22.1. The Morgan fingerprint density at radius 2 is 2.03 bits per heavy atom. The summed E-state index contributed by atoms with van der Waals surface area (Å²) < 4.78 is 11.7. The molecule has 0 saturated carbocycles. The van der Waals surface area contributed by atoms with Gasteiger partial charge in [-0.25, -0.2) is 4.99 Å². The number of halogens is 1. The molecule has 8 heteroatoms. The van der Waals surface area contributed by atoms with Crippen LogP contribution in [-0.2, 0) is 4.79 Å². The van der Waals surface area contributed by atoms with Gasteiger partial charge in [0.05, 0.1) is 12.1 Å². The first kappa shape index (κ1) is 20.7. The lowest BCUT2D eigenvalue weighted by Gasteiger charge is -2.29. The van der Waals surface area contributed by atoms with Crippen LogP contribution in [0.1, 0.15) is 22.7 Å². The van der Waals surface area contributed by atoms with Crippen LogP contribution in [0, 0.1) is 6.92 Å². The van der Waals surface area contributed by atoms with Crippen molar-refractivity contribution < 1.29 is 14.3 Å². The van der Waals surface area contributed by atoms with E-state index in [1.807, 2.05) is 43.3 Å². The number of guanidine groups is 1. The van der Waals surface area contributed by atoms with Crippen LogP contribution in [0.4, 0.5) is 0 Å². The van der Waals surface area contributed by atoms with Crippen molar-refractivity contribution >= 4 is 24.0 Å². The zero-order valence-corrected chi connectivity index (χ0v) is 18.1. The number of carbonyl (C=O) groups is 1. The first-order valence-corrected chi connectivity index (χ1v) is 9.92. The molecule has 0 saturated heterocycles. The largest absolute Gasteiger partial charge is 0.496 e. The van der Waals surface area contributed by atoms with Gasteiger partial charge in [-0.2, -0.15) is 0 Å². The summed E-state index contributed by atoms with van der Waals surface area (Å²) in [5.74, 6) is 2.13. The number of aliphatic imine (C=N–C) groups is 1. The molecule has 1 atom stereocenters. The van der Waals surface area contributed by atoms with Crippen molar-refractivity contribution in [1.82, 2.24) is 9.88 Å². The van der Waals surface area contributed by atoms with Crippen molar-refractivity contribution in [3.8, 4) is 28.4 Å². The van der Waals surface area contributed by atoms with Crippen LogP contribution >= 0.6 is 11.6 Å². The molecule has 2 aromatic carbocycles. The Labute approximate surface area is 185 Å². The molecule has 31 heavy (non-hydrogen) atoms. The maximum absolute atomic E-state index is 11.2. The summed E-state index contributed by atoms with van der Waals surface area (Å²) in [6, 6.07) is 10.9. The second-order valence-electron chi connectivity index (χ2n) is 7.16. The fourth-order valence-electron chi connectivity index (χ4n) is 3.56. The van der Waals surface area contributed by atoms with E-state index in [0.717, 1.165) is 27.8 Å². The number of hydrogen-bond acceptors (Lipinski definition) is 5. The van der Waals surface area contributed by atoms with Crippen molar-refractivity contribution in [2.75, 3.05) is 14.2 Å². The summed E-state index contributed by atoms with van der Waals surface area (Å²) in [5, 5.41) is 0.547. The number of amides is 1. The Hall–Kier alpha value is -3.58. The van der Waals surface area contributed by atoms with Gasteiger partial charge in [0.25, 0.3) is 0 Å². The summed E-state index contributed by atoms with van der Waals surface area (Å²) in [5.41, 5.74) is 10.4. The number of pyridine rings is 1. The number of benzene rings is 2. The van der Waals surface area contributed by atoms with Crippen LogP contribution in [0.3, 0.4) is 0 Å².